The summed E-state index contributed by atoms with van der Waals surface area (Å²) in [6, 6.07) is 10.0. The van der Waals surface area contributed by atoms with Gasteiger partial charge in [0.1, 0.15) is 10.7 Å². The van der Waals surface area contributed by atoms with Crippen LogP contribution in [0, 0.1) is 5.92 Å². The average Bonchev–Trinajstić information content (AvgIpc) is 3.24. The van der Waals surface area contributed by atoms with Gasteiger partial charge in [-0.1, -0.05) is 60.4 Å². The van der Waals surface area contributed by atoms with Gasteiger partial charge in [-0.15, -0.1) is 0 Å². The number of benzene rings is 1. The number of hydrogen-bond acceptors (Lipinski definition) is 4. The zero-order valence-corrected chi connectivity index (χ0v) is 12.9. The lowest BCUT2D eigenvalue weighted by Crippen LogP contribution is -2.12. The highest BCUT2D eigenvalue weighted by Crippen LogP contribution is 2.39. The Hall–Kier alpha value is -1.33. The van der Waals surface area contributed by atoms with E-state index in [1.165, 1.54) is 0 Å². The van der Waals surface area contributed by atoms with Gasteiger partial charge < -0.3 is 5.32 Å². The first-order valence-electron chi connectivity index (χ1n) is 6.78. The summed E-state index contributed by atoms with van der Waals surface area (Å²) in [6.45, 7) is 2.11. The molecule has 0 spiro atoms. The molecule has 1 amide bonds. The Morgan fingerprint density at radius 3 is 2.80 bits per heavy atom. The number of carbonyl (C=O) groups is 1. The van der Waals surface area contributed by atoms with Crippen LogP contribution in [-0.2, 0) is 4.79 Å². The molecule has 1 aromatic carbocycles. The van der Waals surface area contributed by atoms with E-state index < -0.39 is 0 Å². The predicted octanol–water partition coefficient (Wildman–Crippen LogP) is 4.27. The summed E-state index contributed by atoms with van der Waals surface area (Å²) in [4.78, 5) is 16.7. The highest BCUT2D eigenvalue weighted by atomic mass is 32.2. The van der Waals surface area contributed by atoms with Gasteiger partial charge in [-0.3, -0.25) is 4.79 Å². The summed E-state index contributed by atoms with van der Waals surface area (Å²) in [5, 5.41) is 3.93. The molecule has 0 unspecified atom stereocenters. The topological polar surface area (TPSA) is 42.0 Å². The van der Waals surface area contributed by atoms with Crippen molar-refractivity contribution in [2.75, 3.05) is 11.1 Å². The van der Waals surface area contributed by atoms with Crippen LogP contribution in [-0.4, -0.2) is 16.6 Å². The minimum Gasteiger partial charge on any atom is -0.316 e. The number of carbonyl (C=O) groups excluding carboxylic acids is 1. The number of nitrogens with zero attached hydrogens (tertiary/aromatic N) is 1. The van der Waals surface area contributed by atoms with Crippen molar-refractivity contribution >= 4 is 34.0 Å². The molecule has 1 saturated carbocycles. The van der Waals surface area contributed by atoms with E-state index in [1.54, 1.807) is 23.1 Å². The Morgan fingerprint density at radius 1 is 1.40 bits per heavy atom. The molecule has 3 nitrogen and oxygen atoms in total. The molecule has 2 aromatic rings. The van der Waals surface area contributed by atoms with Crippen molar-refractivity contribution in [1.82, 2.24) is 4.98 Å². The second-order valence-electron chi connectivity index (χ2n) is 4.72. The maximum Gasteiger partial charge on any atom is 0.228 e. The quantitative estimate of drug-likeness (QED) is 0.839. The van der Waals surface area contributed by atoms with Gasteiger partial charge in [0.2, 0.25) is 5.91 Å². The Kier molecular flexibility index (Phi) is 4.08. The fraction of sp³-hybridized carbons (Fsp3) is 0.333. The first-order valence-corrected chi connectivity index (χ1v) is 8.58. The van der Waals surface area contributed by atoms with Gasteiger partial charge in [0.15, 0.2) is 4.34 Å². The number of nitrogens with one attached hydrogen (secondary N) is 1. The van der Waals surface area contributed by atoms with Crippen molar-refractivity contribution in [3.8, 4) is 11.3 Å². The number of thioether (sulfide) groups is 1. The van der Waals surface area contributed by atoms with E-state index in [2.05, 4.69) is 17.2 Å². The van der Waals surface area contributed by atoms with Crippen LogP contribution in [0.15, 0.2) is 34.7 Å². The second kappa shape index (κ2) is 5.97. The molecule has 1 N–H and O–H groups in total. The first kappa shape index (κ1) is 13.6. The molecule has 0 saturated heterocycles. The van der Waals surface area contributed by atoms with Gasteiger partial charge >= 0.3 is 0 Å². The van der Waals surface area contributed by atoms with Gasteiger partial charge in [-0.2, -0.15) is 0 Å². The monoisotopic (exact) mass is 304 g/mol. The van der Waals surface area contributed by atoms with Crippen molar-refractivity contribution in [1.29, 1.82) is 0 Å². The highest BCUT2D eigenvalue weighted by molar-refractivity contribution is 8.01. The second-order valence-corrected chi connectivity index (χ2v) is 7.23. The molecule has 0 aliphatic heterocycles. The van der Waals surface area contributed by atoms with E-state index in [4.69, 9.17) is 0 Å². The summed E-state index contributed by atoms with van der Waals surface area (Å²) in [5.41, 5.74) is 1.94. The van der Waals surface area contributed by atoms with Crippen molar-refractivity contribution in [3.63, 3.8) is 0 Å². The maximum atomic E-state index is 12.0. The zero-order valence-electron chi connectivity index (χ0n) is 11.3. The van der Waals surface area contributed by atoms with Crippen LogP contribution >= 0.6 is 23.1 Å². The number of amides is 1. The molecule has 1 aliphatic rings. The van der Waals surface area contributed by atoms with E-state index in [0.717, 1.165) is 39.2 Å². The van der Waals surface area contributed by atoms with Gasteiger partial charge in [-0.25, -0.2) is 4.98 Å². The molecule has 104 valence electrons. The largest absolute Gasteiger partial charge is 0.316 e. The molecule has 0 atom stereocenters. The van der Waals surface area contributed by atoms with Crippen molar-refractivity contribution in [2.24, 2.45) is 5.92 Å². The molecular formula is C15H16N2OS2. The molecule has 1 aliphatic carbocycles. The fourth-order valence-electron chi connectivity index (χ4n) is 1.92. The molecule has 1 aromatic heterocycles. The van der Waals surface area contributed by atoms with Gasteiger partial charge in [0, 0.05) is 11.5 Å². The third-order valence-electron chi connectivity index (χ3n) is 3.11. The Labute approximate surface area is 126 Å². The smallest absolute Gasteiger partial charge is 0.228 e. The minimum atomic E-state index is 0.138. The van der Waals surface area contributed by atoms with Crippen LogP contribution in [0.25, 0.3) is 11.3 Å². The van der Waals surface area contributed by atoms with E-state index >= 15 is 0 Å². The first-order chi connectivity index (χ1) is 9.78. The van der Waals surface area contributed by atoms with Crippen LogP contribution < -0.4 is 5.32 Å². The molecule has 0 bridgehead atoms. The van der Waals surface area contributed by atoms with E-state index in [-0.39, 0.29) is 11.8 Å². The summed E-state index contributed by atoms with van der Waals surface area (Å²) in [7, 11) is 0. The SMILES string of the molecule is CCSc1nc(-c2ccccc2)c(NC(=O)C2CC2)s1. The van der Waals surface area contributed by atoms with Crippen LogP contribution in [0.3, 0.4) is 0 Å². The van der Waals surface area contributed by atoms with Gasteiger partial charge in [0.05, 0.1) is 0 Å². The molecule has 0 radical (unpaired) electrons. The average molecular weight is 304 g/mol. The predicted molar refractivity (Wildman–Crippen MR) is 85.3 cm³/mol. The fourth-order valence-corrected chi connectivity index (χ4v) is 3.89. The normalized spacial score (nSPS) is 14.2. The zero-order chi connectivity index (χ0) is 13.9. The van der Waals surface area contributed by atoms with Crippen molar-refractivity contribution in [2.45, 2.75) is 24.1 Å². The Balaban J connectivity index is 1.91. The third kappa shape index (κ3) is 3.04. The highest BCUT2D eigenvalue weighted by Gasteiger charge is 2.30. The van der Waals surface area contributed by atoms with E-state index in [1.807, 2.05) is 30.3 Å². The number of aromatic nitrogens is 1. The summed E-state index contributed by atoms with van der Waals surface area (Å²) < 4.78 is 1.01. The third-order valence-corrected chi connectivity index (χ3v) is 5.10. The number of thiazole rings is 1. The van der Waals surface area contributed by atoms with Crippen LogP contribution in [0.1, 0.15) is 19.8 Å². The molecule has 1 heterocycles. The Morgan fingerprint density at radius 2 is 2.15 bits per heavy atom. The summed E-state index contributed by atoms with van der Waals surface area (Å²) in [5.74, 6) is 1.33. The van der Waals surface area contributed by atoms with Crippen LogP contribution in [0.4, 0.5) is 5.00 Å². The number of hydrogen-bond donors (Lipinski definition) is 1. The van der Waals surface area contributed by atoms with Crippen LogP contribution in [0.5, 0.6) is 0 Å². The van der Waals surface area contributed by atoms with Gasteiger partial charge in [0.25, 0.3) is 0 Å². The number of anilines is 1. The molecular weight excluding hydrogens is 288 g/mol. The van der Waals surface area contributed by atoms with Crippen molar-refractivity contribution in [3.05, 3.63) is 30.3 Å². The maximum absolute atomic E-state index is 12.0. The van der Waals surface area contributed by atoms with E-state index in [0.29, 0.717) is 0 Å². The lowest BCUT2D eigenvalue weighted by molar-refractivity contribution is -0.117. The lowest BCUT2D eigenvalue weighted by Gasteiger charge is -2.04. The Bertz CT molecular complexity index is 606. The molecule has 20 heavy (non-hydrogen) atoms. The summed E-state index contributed by atoms with van der Waals surface area (Å²) in [6.07, 6.45) is 2.03. The van der Waals surface area contributed by atoms with Gasteiger partial charge in [-0.05, 0) is 18.6 Å². The number of rotatable bonds is 5. The van der Waals surface area contributed by atoms with Crippen LogP contribution in [0.2, 0.25) is 0 Å². The van der Waals surface area contributed by atoms with Crippen molar-refractivity contribution < 1.29 is 4.79 Å². The molecule has 5 heteroatoms. The lowest BCUT2D eigenvalue weighted by atomic mass is 10.2. The standard InChI is InChI=1S/C15H16N2OS2/c1-2-19-15-16-12(10-6-4-3-5-7-10)14(20-15)17-13(18)11-8-9-11/h3-7,11H,2,8-9H2,1H3,(H,17,18). The minimum absolute atomic E-state index is 0.138. The molecule has 3 rings (SSSR count). The summed E-state index contributed by atoms with van der Waals surface area (Å²) >= 11 is 3.28. The molecule has 1 fully saturated rings. The van der Waals surface area contributed by atoms with E-state index in [9.17, 15) is 4.79 Å².